The molecule has 25 heteroatoms. The van der Waals surface area contributed by atoms with Crippen molar-refractivity contribution in [2.24, 2.45) is 11.6 Å². The number of ether oxygens (including phenoxy) is 8. The Kier molecular flexibility index (Phi) is 24.8. The summed E-state index contributed by atoms with van der Waals surface area (Å²) in [6, 6.07) is 10.2. The fraction of sp³-hybridized carbons (Fsp3) is 0.609. The van der Waals surface area contributed by atoms with Gasteiger partial charge in [0, 0.05) is 36.8 Å². The van der Waals surface area contributed by atoms with Crippen LogP contribution in [-0.4, -0.2) is 210 Å². The minimum atomic E-state index is -1.67. The minimum Gasteiger partial charge on any atom is -0.463 e. The molecule has 3 aromatic rings. The van der Waals surface area contributed by atoms with Crippen LogP contribution < -0.4 is 22.2 Å². The SMILES string of the molecule is CNCCOCCOCCOCCOCCOCCNC(=O)CCC(=O)OCC1OC(SC2OC(CO)C(O)C(n3cc(-c4cccc(C)c4)nn3)C2O)C(O)C(N(N)/C=C(\N)c2cccc(F)c2)C1O. The highest BCUT2D eigenvalue weighted by Crippen LogP contribution is 2.41. The lowest BCUT2D eigenvalue weighted by atomic mass is 9.96. The van der Waals surface area contributed by atoms with Crippen LogP contribution in [-0.2, 0) is 47.5 Å². The summed E-state index contributed by atoms with van der Waals surface area (Å²) in [6.45, 7) is 5.82. The Morgan fingerprint density at radius 3 is 2.08 bits per heavy atom. The van der Waals surface area contributed by atoms with Crippen LogP contribution in [0.1, 0.15) is 30.0 Å². The van der Waals surface area contributed by atoms with E-state index < -0.39 is 90.5 Å². The number of hydrogen-bond acceptors (Lipinski definition) is 22. The lowest BCUT2D eigenvalue weighted by Gasteiger charge is -2.47. The summed E-state index contributed by atoms with van der Waals surface area (Å²) in [5.74, 6) is 4.61. The van der Waals surface area contributed by atoms with Gasteiger partial charge in [0.1, 0.15) is 77.7 Å². The monoisotopic (exact) mass is 1020 g/mol. The molecular weight excluding hydrogens is 956 g/mol. The third kappa shape index (κ3) is 18.2. The molecule has 1 amide bonds. The molecule has 2 aliphatic heterocycles. The van der Waals surface area contributed by atoms with Crippen molar-refractivity contribution >= 4 is 29.3 Å². The topological polar surface area (TPSA) is 319 Å². The number of rotatable bonds is 31. The van der Waals surface area contributed by atoms with E-state index in [-0.39, 0.29) is 37.3 Å². The number of carbonyl (C=O) groups is 2. The van der Waals surface area contributed by atoms with Gasteiger partial charge in [-0.1, -0.05) is 52.9 Å². The van der Waals surface area contributed by atoms with Gasteiger partial charge >= 0.3 is 5.97 Å². The van der Waals surface area contributed by atoms with Crippen LogP contribution in [0.2, 0.25) is 0 Å². The van der Waals surface area contributed by atoms with Gasteiger partial charge in [-0.3, -0.25) is 9.59 Å². The standard InChI is InChI=1S/C46H69FN8O15S/c1-29-5-3-7-31(23-29)34-26-55(53-52-34)40-41(59)35(27-56)69-46(44(40)62)71-45-43(61)39(54(49)25-33(48)30-6-4-8-32(47)24-30)42(60)36(70-45)28-68-38(58)10-9-37(57)51-12-14-64-16-18-66-20-22-67-21-19-65-17-15-63-13-11-50-2/h3-8,23-26,35-36,39-46,50,56,59-62H,9-22,27-28,48-49H2,1-2H3,(H,51,57)/b33-25-. The van der Waals surface area contributed by atoms with Crippen molar-refractivity contribution in [1.29, 1.82) is 0 Å². The fourth-order valence-electron chi connectivity index (χ4n) is 7.46. The number of aliphatic hydroxyl groups is 5. The smallest absolute Gasteiger partial charge is 0.306 e. The largest absolute Gasteiger partial charge is 0.463 e. The number of amides is 1. The predicted molar refractivity (Wildman–Crippen MR) is 255 cm³/mol. The Balaban J connectivity index is 1.11. The first kappa shape index (κ1) is 57.5. The van der Waals surface area contributed by atoms with E-state index in [1.807, 2.05) is 38.2 Å². The Morgan fingerprint density at radius 1 is 0.831 bits per heavy atom. The first-order valence-corrected chi connectivity index (χ1v) is 24.3. The van der Waals surface area contributed by atoms with E-state index in [0.717, 1.165) is 40.5 Å². The van der Waals surface area contributed by atoms with E-state index in [1.165, 1.54) is 29.1 Å². The molecule has 1 aromatic heterocycles. The van der Waals surface area contributed by atoms with Crippen molar-refractivity contribution in [1.82, 2.24) is 30.6 Å². The third-order valence-electron chi connectivity index (χ3n) is 11.2. The zero-order valence-corrected chi connectivity index (χ0v) is 40.7. The maximum absolute atomic E-state index is 14.1. The second-order valence-electron chi connectivity index (χ2n) is 16.5. The number of aliphatic hydroxyl groups excluding tert-OH is 5. The van der Waals surface area contributed by atoms with E-state index in [0.29, 0.717) is 65.2 Å². The summed E-state index contributed by atoms with van der Waals surface area (Å²) in [6.07, 6.45) is -6.78. The second-order valence-corrected chi connectivity index (χ2v) is 17.7. The molecule has 2 aromatic carbocycles. The average molecular weight is 1030 g/mol. The van der Waals surface area contributed by atoms with Gasteiger partial charge in [0.2, 0.25) is 5.91 Å². The number of carbonyl (C=O) groups excluding carboxylic acids is 2. The van der Waals surface area contributed by atoms with E-state index in [2.05, 4.69) is 20.9 Å². The highest BCUT2D eigenvalue weighted by molar-refractivity contribution is 8.00. The normalized spacial score (nSPS) is 24.7. The van der Waals surface area contributed by atoms with E-state index in [9.17, 15) is 39.5 Å². The number of aryl methyl sites for hydroxylation is 1. The molecule has 2 fully saturated rings. The van der Waals surface area contributed by atoms with Gasteiger partial charge in [0.25, 0.3) is 0 Å². The molecule has 0 aliphatic carbocycles. The molecule has 10 atom stereocenters. The third-order valence-corrected chi connectivity index (χ3v) is 12.5. The molecule has 11 N–H and O–H groups in total. The molecule has 0 saturated carbocycles. The van der Waals surface area contributed by atoms with Gasteiger partial charge < -0.3 is 84.8 Å². The molecule has 23 nitrogen and oxygen atoms in total. The van der Waals surface area contributed by atoms with Gasteiger partial charge in [0.05, 0.1) is 91.0 Å². The fourth-order valence-corrected chi connectivity index (χ4v) is 8.78. The first-order chi connectivity index (χ1) is 34.3. The van der Waals surface area contributed by atoms with Crippen molar-refractivity contribution < 1.29 is 77.4 Å². The zero-order valence-electron chi connectivity index (χ0n) is 39.9. The van der Waals surface area contributed by atoms with Crippen LogP contribution in [0.3, 0.4) is 0 Å². The van der Waals surface area contributed by atoms with Crippen molar-refractivity contribution in [3.8, 4) is 11.3 Å². The number of esters is 1. The summed E-state index contributed by atoms with van der Waals surface area (Å²) in [4.78, 5) is 25.4. The lowest BCUT2D eigenvalue weighted by Crippen LogP contribution is -2.65. The molecular formula is C46H69FN8O15S. The molecule has 71 heavy (non-hydrogen) atoms. The van der Waals surface area contributed by atoms with Crippen LogP contribution in [0.5, 0.6) is 0 Å². The highest BCUT2D eigenvalue weighted by atomic mass is 32.2. The van der Waals surface area contributed by atoms with Gasteiger partial charge in [-0.05, 0) is 32.2 Å². The van der Waals surface area contributed by atoms with Gasteiger partial charge in [0.15, 0.2) is 0 Å². The number of likely N-dealkylation sites (N-methyl/N-ethyl adjacent to an activating group) is 1. The van der Waals surface area contributed by atoms with Crippen LogP contribution in [0, 0.1) is 12.7 Å². The van der Waals surface area contributed by atoms with Crippen LogP contribution in [0.25, 0.3) is 17.0 Å². The molecule has 0 bridgehead atoms. The zero-order chi connectivity index (χ0) is 51.1. The predicted octanol–water partition coefficient (Wildman–Crippen LogP) is -1.20. The summed E-state index contributed by atoms with van der Waals surface area (Å²) >= 11 is 0.750. The van der Waals surface area contributed by atoms with E-state index in [4.69, 9.17) is 49.5 Å². The number of nitrogens with two attached hydrogens (primary N) is 2. The molecule has 5 rings (SSSR count). The van der Waals surface area contributed by atoms with E-state index in [1.54, 1.807) is 6.20 Å². The quantitative estimate of drug-likeness (QED) is 0.0158. The van der Waals surface area contributed by atoms with Crippen molar-refractivity contribution in [3.05, 3.63) is 77.9 Å². The summed E-state index contributed by atoms with van der Waals surface area (Å²) in [5, 5.41) is 71.6. The summed E-state index contributed by atoms with van der Waals surface area (Å²) < 4.78 is 60.0. The van der Waals surface area contributed by atoms with Crippen molar-refractivity contribution in [2.45, 2.75) is 79.3 Å². The molecule has 3 heterocycles. The Morgan fingerprint density at radius 2 is 1.45 bits per heavy atom. The van der Waals surface area contributed by atoms with Crippen molar-refractivity contribution in [2.75, 3.05) is 99.4 Å². The number of benzene rings is 2. The average Bonchev–Trinajstić information content (AvgIpc) is 3.84. The Hall–Kier alpha value is -4.42. The minimum absolute atomic E-state index is 0.0244. The van der Waals surface area contributed by atoms with Gasteiger partial charge in [-0.2, -0.15) is 0 Å². The van der Waals surface area contributed by atoms with Crippen molar-refractivity contribution in [3.63, 3.8) is 0 Å². The van der Waals surface area contributed by atoms with Crippen LogP contribution in [0.4, 0.5) is 4.39 Å². The summed E-state index contributed by atoms with van der Waals surface area (Å²) in [5.41, 5.74) is 5.95. The molecule has 396 valence electrons. The number of aromatic nitrogens is 3. The second kappa shape index (κ2) is 30.6. The van der Waals surface area contributed by atoms with Gasteiger partial charge in [-0.25, -0.2) is 14.9 Å². The number of nitrogens with one attached hydrogen (secondary N) is 2. The van der Waals surface area contributed by atoms with Gasteiger partial charge in [-0.15, -0.1) is 5.10 Å². The number of thioether (sulfide) groups is 1. The Labute approximate surface area is 415 Å². The first-order valence-electron chi connectivity index (χ1n) is 23.3. The number of nitrogens with zero attached hydrogens (tertiary/aromatic N) is 4. The molecule has 0 spiro atoms. The molecule has 0 radical (unpaired) electrons. The number of halogens is 1. The summed E-state index contributed by atoms with van der Waals surface area (Å²) in [7, 11) is 1.86. The van der Waals surface area contributed by atoms with Crippen LogP contribution >= 0.6 is 11.8 Å². The molecule has 2 aliphatic rings. The molecule has 2 saturated heterocycles. The number of hydrogen-bond donors (Lipinski definition) is 9. The highest BCUT2D eigenvalue weighted by Gasteiger charge is 2.52. The van der Waals surface area contributed by atoms with E-state index >= 15 is 0 Å². The maximum Gasteiger partial charge on any atom is 0.306 e. The lowest BCUT2D eigenvalue weighted by molar-refractivity contribution is -0.196. The Bertz CT molecular complexity index is 2080. The molecule has 10 unspecified atom stereocenters. The maximum atomic E-state index is 14.1. The van der Waals surface area contributed by atoms with Crippen LogP contribution in [0.15, 0.2) is 60.9 Å². The number of hydrazine groups is 1.